The third-order valence-electron chi connectivity index (χ3n) is 6.82. The van der Waals surface area contributed by atoms with Gasteiger partial charge in [0, 0.05) is 67.6 Å². The fraction of sp³-hybridized carbons (Fsp3) is 0.500. The van der Waals surface area contributed by atoms with Gasteiger partial charge in [0.15, 0.2) is 0 Å². The van der Waals surface area contributed by atoms with Gasteiger partial charge in [0.2, 0.25) is 5.95 Å². The zero-order chi connectivity index (χ0) is 25.6. The van der Waals surface area contributed by atoms with Gasteiger partial charge in [-0.2, -0.15) is 9.97 Å². The van der Waals surface area contributed by atoms with Gasteiger partial charge in [-0.3, -0.25) is 10.2 Å². The number of morpholine rings is 2. The molecule has 2 aliphatic rings. The lowest BCUT2D eigenvalue weighted by molar-refractivity contribution is 0.0398. The highest BCUT2D eigenvalue weighted by Gasteiger charge is 2.17. The molecule has 0 atom stereocenters. The number of nitrogens with one attached hydrogen (secondary N) is 4. The Bertz CT molecular complexity index is 1220. The molecule has 11 heteroatoms. The lowest BCUT2D eigenvalue weighted by Crippen LogP contribution is -2.39. The van der Waals surface area contributed by atoms with Crippen LogP contribution in [0.2, 0.25) is 0 Å². The summed E-state index contributed by atoms with van der Waals surface area (Å²) in [5, 5.41) is 10.4. The van der Waals surface area contributed by atoms with E-state index in [1.807, 2.05) is 18.2 Å². The third kappa shape index (κ3) is 6.30. The van der Waals surface area contributed by atoms with Crippen molar-refractivity contribution in [2.45, 2.75) is 20.3 Å². The summed E-state index contributed by atoms with van der Waals surface area (Å²) < 4.78 is 10.9. The molecular weight excluding hydrogens is 472 g/mol. The van der Waals surface area contributed by atoms with Crippen LogP contribution in [-0.2, 0) is 15.9 Å². The van der Waals surface area contributed by atoms with Gasteiger partial charge in [0.05, 0.1) is 26.4 Å². The van der Waals surface area contributed by atoms with Crippen LogP contribution in [0, 0.1) is 6.92 Å². The first-order valence-electron chi connectivity index (χ1n) is 13.0. The Kier molecular flexibility index (Phi) is 8.02. The number of carbonyl (C=O) groups excluding carboxylic acids is 1. The molecule has 37 heavy (non-hydrogen) atoms. The van der Waals surface area contributed by atoms with E-state index in [9.17, 15) is 4.79 Å². The Morgan fingerprint density at radius 3 is 2.49 bits per heavy atom. The number of urea groups is 1. The van der Waals surface area contributed by atoms with Crippen LogP contribution in [0.3, 0.4) is 0 Å². The van der Waals surface area contributed by atoms with E-state index in [4.69, 9.17) is 14.5 Å². The molecule has 2 saturated heterocycles. The summed E-state index contributed by atoms with van der Waals surface area (Å²) in [6, 6.07) is 7.32. The first kappa shape index (κ1) is 25.2. The quantitative estimate of drug-likeness (QED) is 0.367. The summed E-state index contributed by atoms with van der Waals surface area (Å²) in [5.74, 6) is 1.69. The van der Waals surface area contributed by atoms with Crippen molar-refractivity contribution in [3.05, 3.63) is 35.5 Å². The maximum atomic E-state index is 12.9. The van der Waals surface area contributed by atoms with E-state index in [-0.39, 0.29) is 6.03 Å². The molecule has 11 nitrogen and oxygen atoms in total. The first-order chi connectivity index (χ1) is 18.1. The topological polar surface area (TPSA) is 120 Å². The van der Waals surface area contributed by atoms with E-state index in [0.29, 0.717) is 43.9 Å². The van der Waals surface area contributed by atoms with Crippen molar-refractivity contribution in [3.8, 4) is 0 Å². The number of anilines is 4. The van der Waals surface area contributed by atoms with Crippen LogP contribution in [0.1, 0.15) is 18.2 Å². The van der Waals surface area contributed by atoms with Crippen molar-refractivity contribution < 1.29 is 14.3 Å². The Balaban J connectivity index is 1.28. The van der Waals surface area contributed by atoms with Crippen LogP contribution in [0.4, 0.5) is 28.1 Å². The Hall–Kier alpha value is -3.41. The van der Waals surface area contributed by atoms with E-state index < -0.39 is 0 Å². The highest BCUT2D eigenvalue weighted by Crippen LogP contribution is 2.26. The minimum Gasteiger partial charge on any atom is -0.379 e. The van der Waals surface area contributed by atoms with Gasteiger partial charge in [-0.25, -0.2) is 4.79 Å². The number of amides is 2. The number of H-pyrrole nitrogens is 1. The smallest absolute Gasteiger partial charge is 0.324 e. The second-order valence-corrected chi connectivity index (χ2v) is 9.34. The van der Waals surface area contributed by atoms with Crippen molar-refractivity contribution in [1.82, 2.24) is 19.9 Å². The summed E-state index contributed by atoms with van der Waals surface area (Å²) in [5.41, 5.74) is 4.21. The maximum Gasteiger partial charge on any atom is 0.324 e. The summed E-state index contributed by atoms with van der Waals surface area (Å²) >= 11 is 0. The average Bonchev–Trinajstić information content (AvgIpc) is 3.23. The van der Waals surface area contributed by atoms with Crippen LogP contribution in [-0.4, -0.2) is 91.6 Å². The fourth-order valence-electron chi connectivity index (χ4n) is 4.86. The second-order valence-electron chi connectivity index (χ2n) is 9.34. The Morgan fingerprint density at radius 1 is 1.00 bits per heavy atom. The fourth-order valence-corrected chi connectivity index (χ4v) is 4.86. The van der Waals surface area contributed by atoms with E-state index in [1.165, 1.54) is 5.56 Å². The van der Waals surface area contributed by atoms with E-state index >= 15 is 0 Å². The number of aromatic nitrogens is 3. The minimum absolute atomic E-state index is 0.351. The molecule has 0 spiro atoms. The SMILES string of the molecule is CCc1c(C)[nH]c2ccc(NC(=O)Nc3cc(NCCN4CCOCC4)nc(N4CCOCC4)n3)cc12. The predicted molar refractivity (Wildman–Crippen MR) is 146 cm³/mol. The normalized spacial score (nSPS) is 16.6. The highest BCUT2D eigenvalue weighted by molar-refractivity contribution is 6.01. The molecule has 0 unspecified atom stereocenters. The number of rotatable bonds is 8. The Morgan fingerprint density at radius 2 is 1.73 bits per heavy atom. The largest absolute Gasteiger partial charge is 0.379 e. The van der Waals surface area contributed by atoms with Crippen LogP contribution in [0.5, 0.6) is 0 Å². The van der Waals surface area contributed by atoms with Gasteiger partial charge < -0.3 is 30.0 Å². The second kappa shape index (κ2) is 11.8. The Labute approximate surface area is 216 Å². The van der Waals surface area contributed by atoms with Crippen LogP contribution < -0.4 is 20.9 Å². The zero-order valence-corrected chi connectivity index (χ0v) is 21.6. The molecule has 0 saturated carbocycles. The molecule has 2 amide bonds. The molecular formula is C26H36N8O3. The summed E-state index contributed by atoms with van der Waals surface area (Å²) in [6.07, 6.45) is 0.925. The molecule has 2 aromatic heterocycles. The summed E-state index contributed by atoms with van der Waals surface area (Å²) in [6.45, 7) is 11.9. The van der Waals surface area contributed by atoms with Crippen molar-refractivity contribution in [3.63, 3.8) is 0 Å². The van der Waals surface area contributed by atoms with Crippen molar-refractivity contribution in [2.24, 2.45) is 0 Å². The van der Waals surface area contributed by atoms with Gasteiger partial charge in [0.1, 0.15) is 11.6 Å². The maximum absolute atomic E-state index is 12.9. The molecule has 198 valence electrons. The average molecular weight is 509 g/mol. The number of aromatic amines is 1. The molecule has 0 radical (unpaired) electrons. The monoisotopic (exact) mass is 508 g/mol. The van der Waals surface area contributed by atoms with Crippen molar-refractivity contribution in [2.75, 3.05) is 86.5 Å². The van der Waals surface area contributed by atoms with E-state index in [0.717, 1.165) is 68.1 Å². The van der Waals surface area contributed by atoms with Crippen LogP contribution in [0.15, 0.2) is 24.3 Å². The molecule has 4 heterocycles. The number of carbonyl (C=O) groups is 1. The van der Waals surface area contributed by atoms with Gasteiger partial charge in [-0.1, -0.05) is 6.92 Å². The van der Waals surface area contributed by atoms with Crippen molar-refractivity contribution >= 4 is 40.2 Å². The number of benzene rings is 1. The summed E-state index contributed by atoms with van der Waals surface area (Å²) in [7, 11) is 0. The van der Waals surface area contributed by atoms with Gasteiger partial charge >= 0.3 is 6.03 Å². The van der Waals surface area contributed by atoms with Crippen molar-refractivity contribution in [1.29, 1.82) is 0 Å². The number of fused-ring (bicyclic) bond motifs is 1. The van der Waals surface area contributed by atoms with E-state index in [2.05, 4.69) is 49.6 Å². The number of hydrogen-bond acceptors (Lipinski definition) is 8. The van der Waals surface area contributed by atoms with Crippen LogP contribution >= 0.6 is 0 Å². The molecule has 2 fully saturated rings. The zero-order valence-electron chi connectivity index (χ0n) is 21.6. The molecule has 0 aliphatic carbocycles. The third-order valence-corrected chi connectivity index (χ3v) is 6.82. The van der Waals surface area contributed by atoms with Crippen LogP contribution in [0.25, 0.3) is 10.9 Å². The first-order valence-corrected chi connectivity index (χ1v) is 13.0. The number of aryl methyl sites for hydroxylation is 2. The number of ether oxygens (including phenoxy) is 2. The molecule has 4 N–H and O–H groups in total. The molecule has 0 bridgehead atoms. The lowest BCUT2D eigenvalue weighted by atomic mass is 10.1. The minimum atomic E-state index is -0.351. The van der Waals surface area contributed by atoms with Gasteiger partial charge in [-0.05, 0) is 37.1 Å². The van der Waals surface area contributed by atoms with Gasteiger partial charge in [-0.15, -0.1) is 0 Å². The standard InChI is InChI=1S/C26H36N8O3/c1-3-20-18(2)28-22-5-4-19(16-21(20)22)29-26(35)32-24-17-23(27-6-7-33-8-12-36-13-9-33)30-25(31-24)34-10-14-37-15-11-34/h4-5,16-17,28H,3,6-15H2,1-2H3,(H3,27,29,30,31,32,35). The number of nitrogens with zero attached hydrogens (tertiary/aromatic N) is 4. The summed E-state index contributed by atoms with van der Waals surface area (Å²) in [4.78, 5) is 30.1. The molecule has 5 rings (SSSR count). The predicted octanol–water partition coefficient (Wildman–Crippen LogP) is 3.05. The highest BCUT2D eigenvalue weighted by atomic mass is 16.5. The van der Waals surface area contributed by atoms with E-state index in [1.54, 1.807) is 6.07 Å². The number of hydrogen-bond donors (Lipinski definition) is 4. The molecule has 3 aromatic rings. The molecule has 2 aliphatic heterocycles. The molecule has 1 aromatic carbocycles. The van der Waals surface area contributed by atoms with Gasteiger partial charge in [0.25, 0.3) is 0 Å². The lowest BCUT2D eigenvalue weighted by Gasteiger charge is -2.28.